The Morgan fingerprint density at radius 2 is 2.59 bits per heavy atom. The summed E-state index contributed by atoms with van der Waals surface area (Å²) in [5, 5.41) is 8.99. The molecule has 1 aromatic rings. The zero-order valence-corrected chi connectivity index (χ0v) is 9.73. The monoisotopic (exact) mass is 240 g/mol. The van der Waals surface area contributed by atoms with Gasteiger partial charge in [-0.2, -0.15) is 4.98 Å². The second-order valence-electron chi connectivity index (χ2n) is 3.79. The van der Waals surface area contributed by atoms with Crippen LogP contribution in [0.2, 0.25) is 0 Å². The van der Waals surface area contributed by atoms with Crippen LogP contribution in [0.1, 0.15) is 26.2 Å². The van der Waals surface area contributed by atoms with Gasteiger partial charge in [0.05, 0.1) is 19.1 Å². The first-order valence-corrected chi connectivity index (χ1v) is 5.74. The van der Waals surface area contributed by atoms with Crippen LogP contribution >= 0.6 is 0 Å². The molecule has 0 aromatic carbocycles. The molecule has 0 radical (unpaired) electrons. The Morgan fingerprint density at radius 3 is 3.29 bits per heavy atom. The van der Waals surface area contributed by atoms with Crippen LogP contribution in [0.5, 0.6) is 6.01 Å². The van der Waals surface area contributed by atoms with Gasteiger partial charge in [-0.05, 0) is 19.8 Å². The number of hydrogen-bond donors (Lipinski definition) is 2. The van der Waals surface area contributed by atoms with Gasteiger partial charge in [0.1, 0.15) is 0 Å². The third-order valence-electron chi connectivity index (χ3n) is 2.43. The van der Waals surface area contributed by atoms with Gasteiger partial charge in [0, 0.05) is 6.61 Å². The summed E-state index contributed by atoms with van der Waals surface area (Å²) in [4.78, 5) is 15.6. The van der Waals surface area contributed by atoms with E-state index in [4.69, 9.17) is 9.47 Å². The van der Waals surface area contributed by atoms with E-state index in [1.165, 1.54) is 0 Å². The average molecular weight is 240 g/mol. The molecule has 1 aliphatic heterocycles. The number of ether oxygens (including phenoxy) is 2. The fourth-order valence-corrected chi connectivity index (χ4v) is 1.69. The topological polar surface area (TPSA) is 89.1 Å². The molecule has 1 saturated heterocycles. The minimum Gasteiger partial charge on any atom is -0.463 e. The molecule has 1 amide bonds. The highest BCUT2D eigenvalue weighted by Gasteiger charge is 2.19. The fourth-order valence-electron chi connectivity index (χ4n) is 1.69. The van der Waals surface area contributed by atoms with Crippen LogP contribution in [0.3, 0.4) is 0 Å². The Kier molecular flexibility index (Phi) is 3.92. The lowest BCUT2D eigenvalue weighted by Crippen LogP contribution is -2.19. The van der Waals surface area contributed by atoms with E-state index < -0.39 is 0 Å². The molecule has 1 aromatic heterocycles. The van der Waals surface area contributed by atoms with Crippen molar-refractivity contribution in [3.63, 3.8) is 0 Å². The number of anilines is 1. The lowest BCUT2D eigenvalue weighted by Gasteiger charge is -2.07. The second-order valence-corrected chi connectivity index (χ2v) is 3.79. The van der Waals surface area contributed by atoms with Crippen molar-refractivity contribution in [1.29, 1.82) is 0 Å². The summed E-state index contributed by atoms with van der Waals surface area (Å²) in [5.74, 6) is 0.174. The van der Waals surface area contributed by atoms with Crippen LogP contribution < -0.4 is 10.1 Å². The molecule has 17 heavy (non-hydrogen) atoms. The van der Waals surface area contributed by atoms with E-state index >= 15 is 0 Å². The van der Waals surface area contributed by atoms with Crippen molar-refractivity contribution in [3.8, 4) is 6.01 Å². The molecular weight excluding hydrogens is 224 g/mol. The maximum absolute atomic E-state index is 11.6. The number of nitrogens with one attached hydrogen (secondary N) is 2. The minimum absolute atomic E-state index is 0.0317. The largest absolute Gasteiger partial charge is 0.463 e. The van der Waals surface area contributed by atoms with Gasteiger partial charge in [-0.3, -0.25) is 10.1 Å². The molecule has 0 aliphatic carbocycles. The van der Waals surface area contributed by atoms with E-state index in [1.54, 1.807) is 0 Å². The third-order valence-corrected chi connectivity index (χ3v) is 2.43. The lowest BCUT2D eigenvalue weighted by atomic mass is 10.2. The van der Waals surface area contributed by atoms with Gasteiger partial charge in [0.25, 0.3) is 0 Å². The number of H-pyrrole nitrogens is 1. The first-order valence-electron chi connectivity index (χ1n) is 5.74. The van der Waals surface area contributed by atoms with Crippen LogP contribution in [0, 0.1) is 0 Å². The van der Waals surface area contributed by atoms with Gasteiger partial charge in [-0.15, -0.1) is 5.10 Å². The molecular formula is C10H16N4O3. The number of rotatable bonds is 5. The van der Waals surface area contributed by atoms with E-state index in [9.17, 15) is 4.79 Å². The van der Waals surface area contributed by atoms with Gasteiger partial charge < -0.3 is 9.47 Å². The Balaban J connectivity index is 1.80. The normalized spacial score (nSPS) is 19.2. The molecule has 1 fully saturated rings. The van der Waals surface area contributed by atoms with Gasteiger partial charge in [-0.25, -0.2) is 5.10 Å². The van der Waals surface area contributed by atoms with Crippen molar-refractivity contribution in [2.45, 2.75) is 32.3 Å². The highest BCUT2D eigenvalue weighted by atomic mass is 16.5. The predicted molar refractivity (Wildman–Crippen MR) is 59.8 cm³/mol. The van der Waals surface area contributed by atoms with Crippen molar-refractivity contribution in [3.05, 3.63) is 0 Å². The number of amides is 1. The molecule has 94 valence electrons. The quantitative estimate of drug-likeness (QED) is 0.791. The van der Waals surface area contributed by atoms with Gasteiger partial charge in [-0.1, -0.05) is 0 Å². The predicted octanol–water partition coefficient (Wildman–Crippen LogP) is 0.711. The lowest BCUT2D eigenvalue weighted by molar-refractivity contribution is -0.118. The van der Waals surface area contributed by atoms with Crippen molar-refractivity contribution >= 4 is 11.9 Å². The third kappa shape index (κ3) is 3.42. The zero-order chi connectivity index (χ0) is 12.1. The molecule has 0 saturated carbocycles. The zero-order valence-electron chi connectivity index (χ0n) is 9.73. The van der Waals surface area contributed by atoms with Crippen LogP contribution in [0.15, 0.2) is 0 Å². The van der Waals surface area contributed by atoms with Crippen LogP contribution in [-0.4, -0.2) is 40.4 Å². The summed E-state index contributed by atoms with van der Waals surface area (Å²) in [5.41, 5.74) is 0. The highest BCUT2D eigenvalue weighted by molar-refractivity contribution is 5.89. The smallest absolute Gasteiger partial charge is 0.337 e. The molecule has 0 bridgehead atoms. The molecule has 2 heterocycles. The molecule has 1 aliphatic rings. The minimum atomic E-state index is -0.129. The summed E-state index contributed by atoms with van der Waals surface area (Å²) >= 11 is 0. The second kappa shape index (κ2) is 5.62. The molecule has 2 N–H and O–H groups in total. The number of carbonyl (C=O) groups is 1. The van der Waals surface area contributed by atoms with E-state index in [-0.39, 0.29) is 18.0 Å². The van der Waals surface area contributed by atoms with Gasteiger partial charge in [0.15, 0.2) is 0 Å². The van der Waals surface area contributed by atoms with Crippen molar-refractivity contribution in [1.82, 2.24) is 15.2 Å². The highest BCUT2D eigenvalue weighted by Crippen LogP contribution is 2.16. The van der Waals surface area contributed by atoms with Gasteiger partial charge in [0.2, 0.25) is 11.9 Å². The Bertz CT molecular complexity index is 373. The van der Waals surface area contributed by atoms with Crippen LogP contribution in [-0.2, 0) is 9.53 Å². The van der Waals surface area contributed by atoms with Crippen molar-refractivity contribution < 1.29 is 14.3 Å². The summed E-state index contributed by atoms with van der Waals surface area (Å²) in [6.45, 7) is 3.07. The van der Waals surface area contributed by atoms with E-state index in [1.807, 2.05) is 6.92 Å². The Hall–Kier alpha value is -1.63. The molecule has 7 heteroatoms. The van der Waals surface area contributed by atoms with Crippen molar-refractivity contribution in [2.75, 3.05) is 18.5 Å². The standard InChI is InChI=1S/C10H16N4O3/c1-2-16-10-12-9(13-14-10)11-8(15)6-7-4-3-5-17-7/h7H,2-6H2,1H3,(H2,11,12,13,14,15). The fraction of sp³-hybridized carbons (Fsp3) is 0.700. The Labute approximate surface area is 98.9 Å². The number of nitrogens with zero attached hydrogens (tertiary/aromatic N) is 2. The summed E-state index contributed by atoms with van der Waals surface area (Å²) in [7, 11) is 0. The summed E-state index contributed by atoms with van der Waals surface area (Å²) in [6, 6.07) is 0.236. The van der Waals surface area contributed by atoms with Crippen molar-refractivity contribution in [2.24, 2.45) is 0 Å². The molecule has 0 spiro atoms. The van der Waals surface area contributed by atoms with E-state index in [0.29, 0.717) is 19.0 Å². The van der Waals surface area contributed by atoms with Crippen LogP contribution in [0.25, 0.3) is 0 Å². The Morgan fingerprint density at radius 1 is 1.71 bits per heavy atom. The number of aromatic amines is 1. The number of aromatic nitrogens is 3. The average Bonchev–Trinajstić information content (AvgIpc) is 2.91. The molecule has 7 nitrogen and oxygen atoms in total. The maximum Gasteiger partial charge on any atom is 0.337 e. The van der Waals surface area contributed by atoms with E-state index in [0.717, 1.165) is 19.4 Å². The molecule has 1 atom stereocenters. The summed E-state index contributed by atoms with van der Waals surface area (Å²) in [6.07, 6.45) is 2.34. The molecule has 2 rings (SSSR count). The summed E-state index contributed by atoms with van der Waals surface area (Å²) < 4.78 is 10.4. The first-order chi connectivity index (χ1) is 8.28. The maximum atomic E-state index is 11.6. The van der Waals surface area contributed by atoms with E-state index in [2.05, 4.69) is 20.5 Å². The number of hydrogen-bond acceptors (Lipinski definition) is 5. The van der Waals surface area contributed by atoms with Crippen LogP contribution in [0.4, 0.5) is 5.95 Å². The SMILES string of the molecule is CCOc1n[nH]c(NC(=O)CC2CCCO2)n1. The number of carbonyl (C=O) groups excluding carboxylic acids is 1. The van der Waals surface area contributed by atoms with Gasteiger partial charge >= 0.3 is 6.01 Å². The first kappa shape index (κ1) is 11.8. The molecule has 1 unspecified atom stereocenters.